The number of hydrogen-bond acceptors (Lipinski definition) is 3. The molecule has 1 aromatic rings. The Morgan fingerprint density at radius 3 is 2.93 bits per heavy atom. The third kappa shape index (κ3) is 2.81. The number of nitrogens with one attached hydrogen (secondary N) is 1. The number of methoxy groups -OCH3 is 1. The molecule has 0 amide bonds. The molecule has 0 bridgehead atoms. The lowest BCUT2D eigenvalue weighted by Crippen LogP contribution is -2.15. The molecule has 1 N–H and O–H groups in total. The molecule has 4 heteroatoms. The van der Waals surface area contributed by atoms with Crippen LogP contribution < -0.4 is 10.1 Å². The second-order valence-corrected chi connectivity index (χ2v) is 2.77. The van der Waals surface area contributed by atoms with E-state index in [2.05, 4.69) is 5.32 Å². The lowest BCUT2D eigenvalue weighted by molar-refractivity contribution is -0.107. The highest BCUT2D eigenvalue weighted by molar-refractivity contribution is 5.51. The molecular weight excluding hydrogens is 185 g/mol. The largest absolute Gasteiger partial charge is 0.494 e. The zero-order chi connectivity index (χ0) is 10.4. The van der Waals surface area contributed by atoms with Crippen LogP contribution in [-0.4, -0.2) is 19.9 Å². The number of benzene rings is 1. The van der Waals surface area contributed by atoms with Crippen molar-refractivity contribution in [2.24, 2.45) is 0 Å². The maximum absolute atomic E-state index is 13.1. The normalized spacial score (nSPS) is 9.86. The van der Waals surface area contributed by atoms with Crippen LogP contribution in [0.15, 0.2) is 18.2 Å². The zero-order valence-electron chi connectivity index (χ0n) is 7.92. The standard InChI is InChI=1S/C10H12FNO2/c1-14-10-3-2-8(6-9(10)11)7-12-4-5-13/h2-3,5-6,12H,4,7H2,1H3. The van der Waals surface area contributed by atoms with Crippen LogP contribution in [0.3, 0.4) is 0 Å². The van der Waals surface area contributed by atoms with Crippen molar-refractivity contribution in [1.82, 2.24) is 5.32 Å². The number of halogens is 1. The number of hydrogen-bond donors (Lipinski definition) is 1. The van der Waals surface area contributed by atoms with Gasteiger partial charge in [0.15, 0.2) is 11.6 Å². The Labute approximate surface area is 81.9 Å². The Kier molecular flexibility index (Phi) is 4.07. The van der Waals surface area contributed by atoms with Crippen molar-refractivity contribution in [2.75, 3.05) is 13.7 Å². The van der Waals surface area contributed by atoms with Gasteiger partial charge in [-0.25, -0.2) is 4.39 Å². The molecule has 3 nitrogen and oxygen atoms in total. The first-order valence-electron chi connectivity index (χ1n) is 4.24. The van der Waals surface area contributed by atoms with Crippen molar-refractivity contribution < 1.29 is 13.9 Å². The van der Waals surface area contributed by atoms with Crippen molar-refractivity contribution in [3.05, 3.63) is 29.6 Å². The first kappa shape index (κ1) is 10.7. The zero-order valence-corrected chi connectivity index (χ0v) is 7.92. The average molecular weight is 197 g/mol. The van der Waals surface area contributed by atoms with Gasteiger partial charge in [0.05, 0.1) is 13.7 Å². The predicted octanol–water partition coefficient (Wildman–Crippen LogP) is 1.12. The van der Waals surface area contributed by atoms with Crippen LogP contribution in [0, 0.1) is 5.82 Å². The van der Waals surface area contributed by atoms with Gasteiger partial charge >= 0.3 is 0 Å². The molecule has 0 saturated heterocycles. The molecule has 0 radical (unpaired) electrons. The smallest absolute Gasteiger partial charge is 0.165 e. The highest BCUT2D eigenvalue weighted by atomic mass is 19.1. The fraction of sp³-hybridized carbons (Fsp3) is 0.300. The van der Waals surface area contributed by atoms with Crippen LogP contribution in [0.1, 0.15) is 5.56 Å². The molecule has 76 valence electrons. The van der Waals surface area contributed by atoms with E-state index >= 15 is 0 Å². The molecule has 1 aromatic carbocycles. The predicted molar refractivity (Wildman–Crippen MR) is 50.7 cm³/mol. The van der Waals surface area contributed by atoms with Crippen LogP contribution in [0.5, 0.6) is 5.75 Å². The Balaban J connectivity index is 2.61. The quantitative estimate of drug-likeness (QED) is 0.568. The first-order valence-corrected chi connectivity index (χ1v) is 4.24. The highest BCUT2D eigenvalue weighted by Crippen LogP contribution is 2.17. The summed E-state index contributed by atoms with van der Waals surface area (Å²) in [5.74, 6) is -0.165. The maximum Gasteiger partial charge on any atom is 0.165 e. The molecule has 0 saturated carbocycles. The summed E-state index contributed by atoms with van der Waals surface area (Å²) < 4.78 is 17.9. The molecule has 0 aliphatic carbocycles. The monoisotopic (exact) mass is 197 g/mol. The Morgan fingerprint density at radius 2 is 2.36 bits per heavy atom. The summed E-state index contributed by atoms with van der Waals surface area (Å²) >= 11 is 0. The van der Waals surface area contributed by atoms with Gasteiger partial charge in [-0.2, -0.15) is 0 Å². The molecule has 0 fully saturated rings. The number of carbonyl (C=O) groups excluding carboxylic acids is 1. The van der Waals surface area contributed by atoms with Gasteiger partial charge in [-0.1, -0.05) is 6.07 Å². The van der Waals surface area contributed by atoms with E-state index in [0.29, 0.717) is 6.54 Å². The Hall–Kier alpha value is -1.42. The van der Waals surface area contributed by atoms with Gasteiger partial charge in [0.1, 0.15) is 6.29 Å². The van der Waals surface area contributed by atoms with E-state index in [0.717, 1.165) is 11.8 Å². The minimum absolute atomic E-state index is 0.226. The molecule has 0 atom stereocenters. The van der Waals surface area contributed by atoms with Crippen molar-refractivity contribution in [3.8, 4) is 5.75 Å². The van der Waals surface area contributed by atoms with Crippen LogP contribution in [0.4, 0.5) is 4.39 Å². The Morgan fingerprint density at radius 1 is 1.57 bits per heavy atom. The fourth-order valence-corrected chi connectivity index (χ4v) is 1.10. The summed E-state index contributed by atoms with van der Waals surface area (Å²) in [6.45, 7) is 0.743. The fourth-order valence-electron chi connectivity index (χ4n) is 1.10. The van der Waals surface area contributed by atoms with E-state index in [1.165, 1.54) is 13.2 Å². The summed E-state index contributed by atoms with van der Waals surface area (Å²) in [5, 5.41) is 2.84. The maximum atomic E-state index is 13.1. The molecule has 0 unspecified atom stereocenters. The minimum atomic E-state index is -0.391. The highest BCUT2D eigenvalue weighted by Gasteiger charge is 2.02. The molecule has 0 aliphatic heterocycles. The number of ether oxygens (including phenoxy) is 1. The van der Waals surface area contributed by atoms with E-state index in [4.69, 9.17) is 4.74 Å². The number of carbonyl (C=O) groups is 1. The van der Waals surface area contributed by atoms with Crippen molar-refractivity contribution >= 4 is 6.29 Å². The van der Waals surface area contributed by atoms with E-state index in [1.807, 2.05) is 0 Å². The lowest BCUT2D eigenvalue weighted by Gasteiger charge is -2.04. The van der Waals surface area contributed by atoms with Gasteiger partial charge in [-0.15, -0.1) is 0 Å². The molecule has 0 aliphatic rings. The third-order valence-electron chi connectivity index (χ3n) is 1.77. The second kappa shape index (κ2) is 5.34. The van der Waals surface area contributed by atoms with Gasteiger partial charge in [0, 0.05) is 6.54 Å². The first-order chi connectivity index (χ1) is 6.77. The molecule has 1 rings (SSSR count). The SMILES string of the molecule is COc1ccc(CNCC=O)cc1F. The molecule has 0 spiro atoms. The van der Waals surface area contributed by atoms with Gasteiger partial charge in [0.2, 0.25) is 0 Å². The van der Waals surface area contributed by atoms with Gasteiger partial charge in [0.25, 0.3) is 0 Å². The summed E-state index contributed by atoms with van der Waals surface area (Å²) in [5.41, 5.74) is 0.783. The van der Waals surface area contributed by atoms with E-state index < -0.39 is 5.82 Å². The lowest BCUT2D eigenvalue weighted by atomic mass is 10.2. The summed E-state index contributed by atoms with van der Waals surface area (Å²) in [6, 6.07) is 4.70. The van der Waals surface area contributed by atoms with Crippen LogP contribution in [0.25, 0.3) is 0 Å². The Bertz CT molecular complexity index is 315. The summed E-state index contributed by atoms with van der Waals surface area (Å²) in [6.07, 6.45) is 0.764. The van der Waals surface area contributed by atoms with Gasteiger partial charge < -0.3 is 14.8 Å². The van der Waals surface area contributed by atoms with E-state index in [1.54, 1.807) is 12.1 Å². The van der Waals surface area contributed by atoms with Crippen LogP contribution in [0.2, 0.25) is 0 Å². The van der Waals surface area contributed by atoms with E-state index in [-0.39, 0.29) is 12.3 Å². The molecule has 0 heterocycles. The number of rotatable bonds is 5. The topological polar surface area (TPSA) is 38.3 Å². The third-order valence-corrected chi connectivity index (χ3v) is 1.77. The average Bonchev–Trinajstić information content (AvgIpc) is 2.18. The van der Waals surface area contributed by atoms with Gasteiger partial charge in [-0.3, -0.25) is 0 Å². The summed E-state index contributed by atoms with van der Waals surface area (Å²) in [4.78, 5) is 10.0. The minimum Gasteiger partial charge on any atom is -0.494 e. The number of aldehydes is 1. The second-order valence-electron chi connectivity index (χ2n) is 2.77. The van der Waals surface area contributed by atoms with Crippen LogP contribution >= 0.6 is 0 Å². The molecule has 14 heavy (non-hydrogen) atoms. The van der Waals surface area contributed by atoms with Gasteiger partial charge in [-0.05, 0) is 17.7 Å². The van der Waals surface area contributed by atoms with Crippen LogP contribution in [-0.2, 0) is 11.3 Å². The van der Waals surface area contributed by atoms with E-state index in [9.17, 15) is 9.18 Å². The molecule has 0 aromatic heterocycles. The van der Waals surface area contributed by atoms with Crippen molar-refractivity contribution in [2.45, 2.75) is 6.54 Å². The van der Waals surface area contributed by atoms with Crippen molar-refractivity contribution in [1.29, 1.82) is 0 Å². The van der Waals surface area contributed by atoms with Crippen molar-refractivity contribution in [3.63, 3.8) is 0 Å². The summed E-state index contributed by atoms with van der Waals surface area (Å²) in [7, 11) is 1.42. The molecular formula is C10H12FNO2.